The number of nitrogens with zero attached hydrogens (tertiary/aromatic N) is 2. The number of carbonyl (C=O) groups excluding carboxylic acids is 1. The van der Waals surface area contributed by atoms with Crippen molar-refractivity contribution in [1.29, 1.82) is 0 Å². The van der Waals surface area contributed by atoms with Crippen molar-refractivity contribution in [3.8, 4) is 0 Å². The molecule has 0 atom stereocenters. The summed E-state index contributed by atoms with van der Waals surface area (Å²) in [4.78, 5) is 16.0. The molecule has 0 amide bonds. The Bertz CT molecular complexity index is 442. The first-order chi connectivity index (χ1) is 9.15. The van der Waals surface area contributed by atoms with Crippen molar-refractivity contribution < 1.29 is 4.79 Å². The molecule has 3 nitrogen and oxygen atoms in total. The number of piperidine rings is 1. The molecule has 0 N–H and O–H groups in total. The Labute approximate surface area is 123 Å². The van der Waals surface area contributed by atoms with Gasteiger partial charge >= 0.3 is 0 Å². The van der Waals surface area contributed by atoms with Crippen molar-refractivity contribution in [2.75, 3.05) is 31.6 Å². The summed E-state index contributed by atoms with van der Waals surface area (Å²) < 4.78 is 0.951. The molecule has 104 valence electrons. The Hall–Kier alpha value is -0.870. The van der Waals surface area contributed by atoms with Crippen LogP contribution < -0.4 is 4.90 Å². The summed E-state index contributed by atoms with van der Waals surface area (Å²) in [5, 5.41) is 0. The van der Waals surface area contributed by atoms with Gasteiger partial charge in [0.1, 0.15) is 0 Å². The van der Waals surface area contributed by atoms with E-state index in [-0.39, 0.29) is 0 Å². The summed E-state index contributed by atoms with van der Waals surface area (Å²) in [6.45, 7) is 5.65. The zero-order valence-electron chi connectivity index (χ0n) is 11.6. The number of hydrogen-bond acceptors (Lipinski definition) is 3. The maximum atomic E-state index is 11.2. The molecule has 1 fully saturated rings. The van der Waals surface area contributed by atoms with Crippen LogP contribution >= 0.6 is 15.9 Å². The van der Waals surface area contributed by atoms with E-state index < -0.39 is 0 Å². The van der Waals surface area contributed by atoms with Crippen LogP contribution in [0.2, 0.25) is 0 Å². The predicted octanol–water partition coefficient (Wildman–Crippen LogP) is 3.18. The van der Waals surface area contributed by atoms with E-state index in [2.05, 4.69) is 39.7 Å². The fourth-order valence-corrected chi connectivity index (χ4v) is 3.14. The second-order valence-corrected chi connectivity index (χ2v) is 6.01. The lowest BCUT2D eigenvalue weighted by Crippen LogP contribution is -2.43. The number of rotatable bonds is 4. The molecule has 1 saturated heterocycles. The zero-order chi connectivity index (χ0) is 13.8. The quantitative estimate of drug-likeness (QED) is 0.795. The first-order valence-corrected chi connectivity index (χ1v) is 7.65. The predicted molar refractivity (Wildman–Crippen MR) is 83.1 cm³/mol. The molecular formula is C15H21BrN2O. The Morgan fingerprint density at radius 2 is 2.11 bits per heavy atom. The molecule has 0 unspecified atom stereocenters. The number of hydrogen-bond donors (Lipinski definition) is 0. The minimum Gasteiger partial charge on any atom is -0.371 e. The molecule has 0 bridgehead atoms. The standard InChI is InChI=1S/C15H21BrN2O/c1-3-18-8-6-14(7-9-18)17(2)15-5-4-13(16)10-12(15)11-19/h4-5,10-11,14H,3,6-9H2,1-2H3. The van der Waals surface area contributed by atoms with Gasteiger partial charge in [-0.05, 0) is 37.6 Å². The maximum absolute atomic E-state index is 11.2. The lowest BCUT2D eigenvalue weighted by molar-refractivity contribution is 0.112. The van der Waals surface area contributed by atoms with Crippen molar-refractivity contribution in [2.24, 2.45) is 0 Å². The second-order valence-electron chi connectivity index (χ2n) is 5.10. The summed E-state index contributed by atoms with van der Waals surface area (Å²) >= 11 is 3.42. The van der Waals surface area contributed by atoms with Gasteiger partial charge in [0.15, 0.2) is 6.29 Å². The smallest absolute Gasteiger partial charge is 0.152 e. The molecule has 0 radical (unpaired) electrons. The molecule has 1 aliphatic rings. The fourth-order valence-electron chi connectivity index (χ4n) is 2.76. The van der Waals surface area contributed by atoms with E-state index in [0.29, 0.717) is 6.04 Å². The lowest BCUT2D eigenvalue weighted by Gasteiger charge is -2.37. The van der Waals surface area contributed by atoms with Gasteiger partial charge in [0.05, 0.1) is 0 Å². The van der Waals surface area contributed by atoms with Gasteiger partial charge in [-0.3, -0.25) is 4.79 Å². The van der Waals surface area contributed by atoms with Gasteiger partial charge in [0, 0.05) is 41.9 Å². The lowest BCUT2D eigenvalue weighted by atomic mass is 10.0. The number of benzene rings is 1. The monoisotopic (exact) mass is 324 g/mol. The third-order valence-corrected chi connectivity index (χ3v) is 4.54. The Morgan fingerprint density at radius 1 is 1.42 bits per heavy atom. The van der Waals surface area contributed by atoms with Gasteiger partial charge in [0.25, 0.3) is 0 Å². The van der Waals surface area contributed by atoms with Crippen LogP contribution in [0, 0.1) is 0 Å². The number of anilines is 1. The highest BCUT2D eigenvalue weighted by Crippen LogP contribution is 2.27. The molecule has 1 aromatic rings. The van der Waals surface area contributed by atoms with E-state index in [4.69, 9.17) is 0 Å². The topological polar surface area (TPSA) is 23.6 Å². The summed E-state index contributed by atoms with van der Waals surface area (Å²) in [6, 6.07) is 6.45. The fraction of sp³-hybridized carbons (Fsp3) is 0.533. The molecule has 2 rings (SSSR count). The molecule has 0 spiro atoms. The van der Waals surface area contributed by atoms with Crippen LogP contribution in [-0.4, -0.2) is 43.9 Å². The van der Waals surface area contributed by atoms with Crippen molar-refractivity contribution >= 4 is 27.9 Å². The summed E-state index contributed by atoms with van der Waals surface area (Å²) in [5.41, 5.74) is 1.79. The van der Waals surface area contributed by atoms with Gasteiger partial charge in [-0.1, -0.05) is 22.9 Å². The maximum Gasteiger partial charge on any atom is 0.152 e. The van der Waals surface area contributed by atoms with E-state index in [1.165, 1.54) is 12.8 Å². The van der Waals surface area contributed by atoms with Crippen molar-refractivity contribution in [3.05, 3.63) is 28.2 Å². The third kappa shape index (κ3) is 3.37. The van der Waals surface area contributed by atoms with Crippen molar-refractivity contribution in [1.82, 2.24) is 4.90 Å². The molecule has 0 aromatic heterocycles. The number of halogens is 1. The van der Waals surface area contributed by atoms with E-state index >= 15 is 0 Å². The van der Waals surface area contributed by atoms with Crippen LogP contribution in [0.3, 0.4) is 0 Å². The molecule has 19 heavy (non-hydrogen) atoms. The molecular weight excluding hydrogens is 304 g/mol. The number of carbonyl (C=O) groups is 1. The Balaban J connectivity index is 2.11. The molecule has 4 heteroatoms. The molecule has 0 saturated carbocycles. The van der Waals surface area contributed by atoms with Crippen LogP contribution in [0.5, 0.6) is 0 Å². The Kier molecular flexibility index (Phi) is 4.99. The van der Waals surface area contributed by atoms with Crippen LogP contribution in [-0.2, 0) is 0 Å². The van der Waals surface area contributed by atoms with Gasteiger partial charge in [-0.2, -0.15) is 0 Å². The SMILES string of the molecule is CCN1CCC(N(C)c2ccc(Br)cc2C=O)CC1. The second kappa shape index (κ2) is 6.53. The molecule has 1 heterocycles. The van der Waals surface area contributed by atoms with Crippen LogP contribution in [0.25, 0.3) is 0 Å². The average molecular weight is 325 g/mol. The van der Waals surface area contributed by atoms with Crippen LogP contribution in [0.1, 0.15) is 30.1 Å². The summed E-state index contributed by atoms with van der Waals surface area (Å²) in [6.07, 6.45) is 3.27. The minimum atomic E-state index is 0.530. The van der Waals surface area contributed by atoms with Gasteiger partial charge in [-0.25, -0.2) is 0 Å². The van der Waals surface area contributed by atoms with E-state index in [1.807, 2.05) is 18.2 Å². The summed E-state index contributed by atoms with van der Waals surface area (Å²) in [7, 11) is 2.10. The third-order valence-electron chi connectivity index (χ3n) is 4.05. The van der Waals surface area contributed by atoms with Gasteiger partial charge < -0.3 is 9.80 Å². The van der Waals surface area contributed by atoms with E-state index in [0.717, 1.165) is 41.6 Å². The molecule has 1 aromatic carbocycles. The molecule has 0 aliphatic carbocycles. The highest BCUT2D eigenvalue weighted by Gasteiger charge is 2.23. The van der Waals surface area contributed by atoms with Gasteiger partial charge in [-0.15, -0.1) is 0 Å². The van der Waals surface area contributed by atoms with Gasteiger partial charge in [0.2, 0.25) is 0 Å². The summed E-state index contributed by atoms with van der Waals surface area (Å²) in [5.74, 6) is 0. The highest BCUT2D eigenvalue weighted by molar-refractivity contribution is 9.10. The normalized spacial score (nSPS) is 17.4. The number of aldehydes is 1. The largest absolute Gasteiger partial charge is 0.371 e. The van der Waals surface area contributed by atoms with Crippen molar-refractivity contribution in [2.45, 2.75) is 25.8 Å². The van der Waals surface area contributed by atoms with Crippen molar-refractivity contribution in [3.63, 3.8) is 0 Å². The van der Waals surface area contributed by atoms with Crippen LogP contribution in [0.15, 0.2) is 22.7 Å². The minimum absolute atomic E-state index is 0.530. The number of likely N-dealkylation sites (tertiary alicyclic amines) is 1. The Morgan fingerprint density at radius 3 is 2.68 bits per heavy atom. The molecule has 1 aliphatic heterocycles. The average Bonchev–Trinajstić information content (AvgIpc) is 2.46. The first-order valence-electron chi connectivity index (χ1n) is 6.85. The first kappa shape index (κ1) is 14.5. The van der Waals surface area contributed by atoms with Crippen LogP contribution in [0.4, 0.5) is 5.69 Å². The van der Waals surface area contributed by atoms with E-state index in [1.54, 1.807) is 0 Å². The van der Waals surface area contributed by atoms with E-state index in [9.17, 15) is 4.79 Å². The zero-order valence-corrected chi connectivity index (χ0v) is 13.2. The highest BCUT2D eigenvalue weighted by atomic mass is 79.9.